The van der Waals surface area contributed by atoms with E-state index in [1.807, 2.05) is 19.1 Å². The van der Waals surface area contributed by atoms with Crippen molar-refractivity contribution in [3.05, 3.63) is 70.3 Å². The molecule has 6 nitrogen and oxygen atoms in total. The van der Waals surface area contributed by atoms with Gasteiger partial charge in [-0.1, -0.05) is 42.5 Å². The average Bonchev–Trinajstić information content (AvgIpc) is 3.42. The highest BCUT2D eigenvalue weighted by atomic mass is 32.1. The molecule has 7 heteroatoms. The van der Waals surface area contributed by atoms with Crippen LogP contribution in [-0.2, 0) is 19.4 Å². The van der Waals surface area contributed by atoms with Gasteiger partial charge >= 0.3 is 0 Å². The van der Waals surface area contributed by atoms with Gasteiger partial charge in [-0.2, -0.15) is 4.52 Å². The number of aryl methyl sites for hydroxylation is 1. The molecule has 0 aliphatic carbocycles. The van der Waals surface area contributed by atoms with Crippen LogP contribution in [0.25, 0.3) is 4.96 Å². The minimum absolute atomic E-state index is 0.155. The lowest BCUT2D eigenvalue weighted by atomic mass is 9.97. The number of fused-ring (bicyclic) bond motifs is 2. The lowest BCUT2D eigenvalue weighted by Gasteiger charge is -2.34. The zero-order valence-electron chi connectivity index (χ0n) is 15.0. The Morgan fingerprint density at radius 2 is 2.07 bits per heavy atom. The molecule has 0 fully saturated rings. The van der Waals surface area contributed by atoms with Crippen LogP contribution < -0.4 is 0 Å². The van der Waals surface area contributed by atoms with Gasteiger partial charge in [-0.3, -0.25) is 4.90 Å². The maximum Gasteiger partial charge on any atom is 0.230 e. The normalized spacial score (nSPS) is 15.9. The molecule has 1 aliphatic heterocycles. The predicted molar refractivity (Wildman–Crippen MR) is 103 cm³/mol. The summed E-state index contributed by atoms with van der Waals surface area (Å²) in [4.78, 5) is 8.41. The van der Waals surface area contributed by atoms with Crippen molar-refractivity contribution in [1.29, 1.82) is 0 Å². The quantitative estimate of drug-likeness (QED) is 0.583. The molecule has 5 rings (SSSR count). The van der Waals surface area contributed by atoms with Crippen LogP contribution in [0.1, 0.15) is 40.6 Å². The lowest BCUT2D eigenvalue weighted by Crippen LogP contribution is -2.34. The number of aromatic hydroxyl groups is 1. The third-order valence-corrected chi connectivity index (χ3v) is 6.22. The lowest BCUT2D eigenvalue weighted by molar-refractivity contribution is 0.185. The van der Waals surface area contributed by atoms with Crippen molar-refractivity contribution in [3.8, 4) is 5.88 Å². The van der Waals surface area contributed by atoms with Crippen LogP contribution in [0.4, 0.5) is 0 Å². The zero-order valence-corrected chi connectivity index (χ0v) is 15.8. The van der Waals surface area contributed by atoms with E-state index in [1.54, 1.807) is 10.8 Å². The molecule has 1 aromatic carbocycles. The van der Waals surface area contributed by atoms with Gasteiger partial charge in [0.05, 0.1) is 11.1 Å². The standard InChI is InChI=1S/C20H20N4O2S/c1-2-16-21-20-24(22-16)19(25)18(27-20)17(15-8-5-11-26-15)23-10-9-13-6-3-4-7-14(13)12-23/h3-8,11,17,25H,2,9-10,12H2,1H3/t17-/m0/s1. The molecule has 0 bridgehead atoms. The van der Waals surface area contributed by atoms with Gasteiger partial charge in [-0.25, -0.2) is 4.98 Å². The van der Waals surface area contributed by atoms with E-state index in [1.165, 1.54) is 22.5 Å². The Morgan fingerprint density at radius 1 is 1.22 bits per heavy atom. The van der Waals surface area contributed by atoms with Crippen molar-refractivity contribution in [2.24, 2.45) is 0 Å². The summed E-state index contributed by atoms with van der Waals surface area (Å²) in [6.45, 7) is 3.72. The van der Waals surface area contributed by atoms with Crippen LogP contribution in [0.5, 0.6) is 5.88 Å². The smallest absolute Gasteiger partial charge is 0.230 e. The van der Waals surface area contributed by atoms with Crippen LogP contribution in [0, 0.1) is 0 Å². The van der Waals surface area contributed by atoms with Crippen LogP contribution in [-0.4, -0.2) is 31.1 Å². The molecule has 0 radical (unpaired) electrons. The van der Waals surface area contributed by atoms with E-state index in [2.05, 4.69) is 39.2 Å². The molecule has 4 aromatic rings. The summed E-state index contributed by atoms with van der Waals surface area (Å²) in [7, 11) is 0. The maximum absolute atomic E-state index is 10.9. The van der Waals surface area contributed by atoms with Gasteiger partial charge in [-0.15, -0.1) is 5.10 Å². The van der Waals surface area contributed by atoms with Gasteiger partial charge in [0.25, 0.3) is 0 Å². The minimum Gasteiger partial charge on any atom is -0.492 e. The zero-order chi connectivity index (χ0) is 18.4. The number of hydrogen-bond donors (Lipinski definition) is 1. The van der Waals surface area contributed by atoms with E-state index in [0.29, 0.717) is 4.96 Å². The van der Waals surface area contributed by atoms with Crippen LogP contribution in [0.3, 0.4) is 0 Å². The fraction of sp³-hybridized carbons (Fsp3) is 0.300. The maximum atomic E-state index is 10.9. The van der Waals surface area contributed by atoms with Crippen LogP contribution >= 0.6 is 11.3 Å². The van der Waals surface area contributed by atoms with Crippen LogP contribution in [0.2, 0.25) is 0 Å². The van der Waals surface area contributed by atoms with E-state index < -0.39 is 0 Å². The molecule has 1 atom stereocenters. The molecule has 0 amide bonds. The fourth-order valence-electron chi connectivity index (χ4n) is 3.78. The predicted octanol–water partition coefficient (Wildman–Crippen LogP) is 3.80. The summed E-state index contributed by atoms with van der Waals surface area (Å²) >= 11 is 1.48. The summed E-state index contributed by atoms with van der Waals surface area (Å²) in [5.41, 5.74) is 2.72. The number of hydrogen-bond acceptors (Lipinski definition) is 6. The van der Waals surface area contributed by atoms with Crippen molar-refractivity contribution in [2.45, 2.75) is 32.4 Å². The Kier molecular flexibility index (Phi) is 3.98. The second kappa shape index (κ2) is 6.51. The minimum atomic E-state index is -0.160. The molecule has 1 aliphatic rings. The third kappa shape index (κ3) is 2.74. The Hall–Kier alpha value is -2.64. The highest BCUT2D eigenvalue weighted by Gasteiger charge is 2.33. The van der Waals surface area contributed by atoms with Gasteiger partial charge in [0.2, 0.25) is 10.8 Å². The molecular formula is C20H20N4O2S. The molecule has 0 spiro atoms. The Bertz CT molecular complexity index is 1080. The van der Waals surface area contributed by atoms with Gasteiger partial charge in [0, 0.05) is 19.5 Å². The summed E-state index contributed by atoms with van der Waals surface area (Å²) in [5.74, 6) is 1.72. The first-order valence-electron chi connectivity index (χ1n) is 9.16. The Labute approximate surface area is 160 Å². The first-order valence-corrected chi connectivity index (χ1v) is 9.97. The van der Waals surface area contributed by atoms with E-state index in [0.717, 1.165) is 42.4 Å². The summed E-state index contributed by atoms with van der Waals surface area (Å²) in [5, 5.41) is 15.3. The van der Waals surface area contributed by atoms with Crippen LogP contribution in [0.15, 0.2) is 47.1 Å². The third-order valence-electron chi connectivity index (χ3n) is 5.15. The SMILES string of the molecule is CCc1nc2sc([C@H](c3ccco3)N3CCc4ccccc4C3)c(O)n2n1. The number of nitrogens with zero attached hydrogens (tertiary/aromatic N) is 4. The number of aromatic nitrogens is 3. The number of benzene rings is 1. The van der Waals surface area contributed by atoms with Gasteiger partial charge in [0.1, 0.15) is 11.8 Å². The first kappa shape index (κ1) is 16.5. The number of rotatable bonds is 4. The molecule has 0 unspecified atom stereocenters. The molecular weight excluding hydrogens is 360 g/mol. The van der Waals surface area contributed by atoms with Gasteiger partial charge in [0.15, 0.2) is 5.82 Å². The monoisotopic (exact) mass is 380 g/mol. The molecule has 0 saturated heterocycles. The van der Waals surface area contributed by atoms with Gasteiger partial charge in [-0.05, 0) is 29.7 Å². The van der Waals surface area contributed by atoms with E-state index in [-0.39, 0.29) is 11.9 Å². The van der Waals surface area contributed by atoms with E-state index in [4.69, 9.17) is 4.42 Å². The molecule has 4 heterocycles. The van der Waals surface area contributed by atoms with Crippen molar-refractivity contribution in [3.63, 3.8) is 0 Å². The first-order chi connectivity index (χ1) is 13.2. The molecule has 0 saturated carbocycles. The summed E-state index contributed by atoms with van der Waals surface area (Å²) in [6.07, 6.45) is 3.41. The van der Waals surface area contributed by atoms with E-state index in [9.17, 15) is 5.11 Å². The van der Waals surface area contributed by atoms with Crippen molar-refractivity contribution in [1.82, 2.24) is 19.5 Å². The molecule has 3 aromatic heterocycles. The Morgan fingerprint density at radius 3 is 2.81 bits per heavy atom. The van der Waals surface area contributed by atoms with Crippen molar-refractivity contribution >= 4 is 16.3 Å². The molecule has 1 N–H and O–H groups in total. The van der Waals surface area contributed by atoms with E-state index >= 15 is 0 Å². The number of furan rings is 1. The second-order valence-electron chi connectivity index (χ2n) is 6.77. The summed E-state index contributed by atoms with van der Waals surface area (Å²) in [6, 6.07) is 12.2. The second-order valence-corrected chi connectivity index (χ2v) is 7.78. The molecule has 138 valence electrons. The van der Waals surface area contributed by atoms with Gasteiger partial charge < -0.3 is 9.52 Å². The Balaban J connectivity index is 1.59. The largest absolute Gasteiger partial charge is 0.492 e. The summed E-state index contributed by atoms with van der Waals surface area (Å²) < 4.78 is 7.32. The fourth-order valence-corrected chi connectivity index (χ4v) is 4.89. The topological polar surface area (TPSA) is 66.8 Å². The average molecular weight is 380 g/mol. The highest BCUT2D eigenvalue weighted by molar-refractivity contribution is 7.17. The highest BCUT2D eigenvalue weighted by Crippen LogP contribution is 2.41. The van der Waals surface area contributed by atoms with Crippen molar-refractivity contribution < 1.29 is 9.52 Å². The molecule has 27 heavy (non-hydrogen) atoms. The van der Waals surface area contributed by atoms with Crippen molar-refractivity contribution in [2.75, 3.05) is 6.54 Å². The number of thiazole rings is 1.